The summed E-state index contributed by atoms with van der Waals surface area (Å²) in [5.41, 5.74) is 3.05. The average Bonchev–Trinajstić information content (AvgIpc) is 2.54. The summed E-state index contributed by atoms with van der Waals surface area (Å²) < 4.78 is 0. The zero-order valence-corrected chi connectivity index (χ0v) is 14.1. The zero-order chi connectivity index (χ0) is 16.4. The van der Waals surface area contributed by atoms with Crippen LogP contribution < -0.4 is 10.6 Å². The van der Waals surface area contributed by atoms with Gasteiger partial charge in [-0.15, -0.1) is 0 Å². The van der Waals surface area contributed by atoms with Crippen LogP contribution in [0.1, 0.15) is 31.9 Å². The number of halogens is 1. The van der Waals surface area contributed by atoms with Crippen LogP contribution in [0.5, 0.6) is 0 Å². The molecule has 2 N–H and O–H groups in total. The van der Waals surface area contributed by atoms with E-state index in [4.69, 9.17) is 11.6 Å². The fourth-order valence-electron chi connectivity index (χ4n) is 3.28. The third-order valence-corrected chi connectivity index (χ3v) is 5.15. The first-order valence-corrected chi connectivity index (χ1v) is 8.24. The van der Waals surface area contributed by atoms with Crippen molar-refractivity contribution in [2.24, 2.45) is 5.92 Å². The lowest BCUT2D eigenvalue weighted by molar-refractivity contribution is -0.109. The standard InChI is InChI=1S/C19H21ClN2O/c1-13-18(21-15-9-7-14(20)8-10-15)16-5-3-4-6-17(16)22-19(13,2)11-12-23/h3-10,12-13,18,21-22H,11H2,1-2H3/t13-,18-,19+/m1/s1. The molecule has 0 amide bonds. The van der Waals surface area contributed by atoms with Gasteiger partial charge in [0.25, 0.3) is 0 Å². The topological polar surface area (TPSA) is 41.1 Å². The molecule has 0 fully saturated rings. The summed E-state index contributed by atoms with van der Waals surface area (Å²) in [7, 11) is 0. The minimum atomic E-state index is -0.278. The fraction of sp³-hybridized carbons (Fsp3) is 0.316. The van der Waals surface area contributed by atoms with E-state index in [1.165, 1.54) is 5.56 Å². The molecule has 2 aromatic rings. The molecule has 3 nitrogen and oxygen atoms in total. The van der Waals surface area contributed by atoms with E-state index in [-0.39, 0.29) is 17.5 Å². The van der Waals surface area contributed by atoms with Crippen molar-refractivity contribution in [3.05, 3.63) is 59.1 Å². The van der Waals surface area contributed by atoms with Crippen LogP contribution in [-0.4, -0.2) is 11.8 Å². The summed E-state index contributed by atoms with van der Waals surface area (Å²) in [5.74, 6) is 0.235. The Balaban J connectivity index is 1.98. The third kappa shape index (κ3) is 3.06. The van der Waals surface area contributed by atoms with E-state index in [1.807, 2.05) is 36.4 Å². The summed E-state index contributed by atoms with van der Waals surface area (Å²) in [6.45, 7) is 4.29. The van der Waals surface area contributed by atoms with Crippen molar-refractivity contribution in [1.82, 2.24) is 0 Å². The van der Waals surface area contributed by atoms with E-state index < -0.39 is 0 Å². The van der Waals surface area contributed by atoms with Crippen molar-refractivity contribution in [3.8, 4) is 0 Å². The number of carbonyl (C=O) groups excluding carboxylic acids is 1. The molecule has 120 valence electrons. The second-order valence-electron chi connectivity index (χ2n) is 6.42. The van der Waals surface area contributed by atoms with Crippen LogP contribution in [0.15, 0.2) is 48.5 Å². The normalized spacial score (nSPS) is 26.0. The van der Waals surface area contributed by atoms with Crippen LogP contribution in [0.3, 0.4) is 0 Å². The molecule has 1 aliphatic rings. The number of hydrogen-bond donors (Lipinski definition) is 2. The molecule has 2 aromatic carbocycles. The SMILES string of the molecule is C[C@@H]1[C@@H](Nc2ccc(Cl)cc2)c2ccccc2N[C@@]1(C)CC=O. The summed E-state index contributed by atoms with van der Waals surface area (Å²) in [4.78, 5) is 11.2. The first kappa shape index (κ1) is 15.9. The highest BCUT2D eigenvalue weighted by Crippen LogP contribution is 2.44. The van der Waals surface area contributed by atoms with Crippen LogP contribution >= 0.6 is 11.6 Å². The summed E-state index contributed by atoms with van der Waals surface area (Å²) in [6.07, 6.45) is 1.47. The lowest BCUT2D eigenvalue weighted by atomic mass is 9.73. The van der Waals surface area contributed by atoms with Crippen molar-refractivity contribution in [2.75, 3.05) is 10.6 Å². The van der Waals surface area contributed by atoms with E-state index in [0.29, 0.717) is 6.42 Å². The third-order valence-electron chi connectivity index (χ3n) is 4.89. The van der Waals surface area contributed by atoms with Crippen molar-refractivity contribution < 1.29 is 4.79 Å². The van der Waals surface area contributed by atoms with Gasteiger partial charge in [-0.25, -0.2) is 0 Å². The number of aldehydes is 1. The molecule has 1 aliphatic heterocycles. The van der Waals surface area contributed by atoms with Crippen LogP contribution in [0, 0.1) is 5.92 Å². The number of hydrogen-bond acceptors (Lipinski definition) is 3. The van der Waals surface area contributed by atoms with Crippen molar-refractivity contribution >= 4 is 29.3 Å². The molecule has 0 unspecified atom stereocenters. The second kappa shape index (κ2) is 6.25. The predicted octanol–water partition coefficient (Wildman–Crippen LogP) is 4.90. The smallest absolute Gasteiger partial charge is 0.122 e. The van der Waals surface area contributed by atoms with E-state index in [9.17, 15) is 4.79 Å². The van der Waals surface area contributed by atoms with Gasteiger partial charge in [-0.1, -0.05) is 36.7 Å². The second-order valence-corrected chi connectivity index (χ2v) is 6.85. The molecule has 0 radical (unpaired) electrons. The number of carbonyl (C=O) groups is 1. The lowest BCUT2D eigenvalue weighted by Gasteiger charge is -2.46. The summed E-state index contributed by atoms with van der Waals surface area (Å²) >= 11 is 5.97. The Morgan fingerprint density at radius 1 is 1.22 bits per heavy atom. The predicted molar refractivity (Wildman–Crippen MR) is 96.1 cm³/mol. The van der Waals surface area contributed by atoms with Gasteiger partial charge in [0, 0.05) is 34.3 Å². The molecule has 0 aromatic heterocycles. The molecule has 4 heteroatoms. The molecule has 0 saturated heterocycles. The van der Waals surface area contributed by atoms with Crippen molar-refractivity contribution in [3.63, 3.8) is 0 Å². The maximum Gasteiger partial charge on any atom is 0.122 e. The Labute approximate surface area is 142 Å². The van der Waals surface area contributed by atoms with E-state index in [1.54, 1.807) is 0 Å². The minimum Gasteiger partial charge on any atom is -0.379 e. The Kier molecular flexibility index (Phi) is 4.31. The lowest BCUT2D eigenvalue weighted by Crippen LogP contribution is -2.49. The van der Waals surface area contributed by atoms with Gasteiger partial charge in [-0.05, 0) is 42.8 Å². The van der Waals surface area contributed by atoms with Crippen LogP contribution in [-0.2, 0) is 4.79 Å². The Morgan fingerprint density at radius 2 is 1.91 bits per heavy atom. The molecule has 0 bridgehead atoms. The number of anilines is 2. The highest BCUT2D eigenvalue weighted by molar-refractivity contribution is 6.30. The Morgan fingerprint density at radius 3 is 2.61 bits per heavy atom. The molecule has 0 aliphatic carbocycles. The largest absolute Gasteiger partial charge is 0.379 e. The van der Waals surface area contributed by atoms with Gasteiger partial charge in [0.1, 0.15) is 6.29 Å². The van der Waals surface area contributed by atoms with Gasteiger partial charge < -0.3 is 15.4 Å². The van der Waals surface area contributed by atoms with Crippen LogP contribution in [0.2, 0.25) is 5.02 Å². The van der Waals surface area contributed by atoms with Gasteiger partial charge in [0.2, 0.25) is 0 Å². The van der Waals surface area contributed by atoms with E-state index >= 15 is 0 Å². The number of rotatable bonds is 4. The monoisotopic (exact) mass is 328 g/mol. The van der Waals surface area contributed by atoms with Gasteiger partial charge in [-0.3, -0.25) is 0 Å². The molecule has 3 rings (SSSR count). The van der Waals surface area contributed by atoms with Crippen molar-refractivity contribution in [2.45, 2.75) is 31.8 Å². The Hall–Kier alpha value is -2.00. The molecule has 1 heterocycles. The Bertz CT molecular complexity index is 701. The quantitative estimate of drug-likeness (QED) is 0.784. The molecule has 0 spiro atoms. The van der Waals surface area contributed by atoms with Gasteiger partial charge >= 0.3 is 0 Å². The number of nitrogens with one attached hydrogen (secondary N) is 2. The average molecular weight is 329 g/mol. The van der Waals surface area contributed by atoms with Gasteiger partial charge in [0.05, 0.1) is 6.04 Å². The van der Waals surface area contributed by atoms with Gasteiger partial charge in [0.15, 0.2) is 0 Å². The molecule has 0 saturated carbocycles. The van der Waals surface area contributed by atoms with Crippen LogP contribution in [0.25, 0.3) is 0 Å². The van der Waals surface area contributed by atoms with E-state index in [0.717, 1.165) is 22.7 Å². The first-order chi connectivity index (χ1) is 11.0. The molecule has 3 atom stereocenters. The zero-order valence-electron chi connectivity index (χ0n) is 13.3. The number of benzene rings is 2. The highest BCUT2D eigenvalue weighted by Gasteiger charge is 2.41. The minimum absolute atomic E-state index is 0.124. The molecular weight excluding hydrogens is 308 g/mol. The van der Waals surface area contributed by atoms with Crippen LogP contribution in [0.4, 0.5) is 11.4 Å². The van der Waals surface area contributed by atoms with E-state index in [2.05, 4.69) is 36.6 Å². The summed E-state index contributed by atoms with van der Waals surface area (Å²) in [6, 6.07) is 16.1. The van der Waals surface area contributed by atoms with Crippen molar-refractivity contribution in [1.29, 1.82) is 0 Å². The van der Waals surface area contributed by atoms with Gasteiger partial charge in [-0.2, -0.15) is 0 Å². The fourth-order valence-corrected chi connectivity index (χ4v) is 3.41. The molecular formula is C19H21ClN2O. The first-order valence-electron chi connectivity index (χ1n) is 7.86. The number of para-hydroxylation sites is 1. The highest BCUT2D eigenvalue weighted by atomic mass is 35.5. The maximum atomic E-state index is 11.2. The number of fused-ring (bicyclic) bond motifs is 1. The summed E-state index contributed by atoms with van der Waals surface area (Å²) in [5, 5.41) is 7.89. The maximum absolute atomic E-state index is 11.2. The molecule has 23 heavy (non-hydrogen) atoms.